The molecule has 1 amide bonds. The first-order chi connectivity index (χ1) is 14.3. The second-order valence-corrected chi connectivity index (χ2v) is 10.1. The highest BCUT2D eigenvalue weighted by Crippen LogP contribution is 2.47. The Hall–Kier alpha value is -2.23. The predicted molar refractivity (Wildman–Crippen MR) is 112 cm³/mol. The number of rotatable bonds is 7. The molecule has 1 saturated carbocycles. The number of carbonyl (C=O) groups is 1. The number of sulfonamides is 1. The fraction of sp³-hybridized carbons (Fsp3) is 0.524. The number of benzene rings is 1. The van der Waals surface area contributed by atoms with Crippen molar-refractivity contribution >= 4 is 15.9 Å². The van der Waals surface area contributed by atoms with Crippen LogP contribution in [0.25, 0.3) is 0 Å². The lowest BCUT2D eigenvalue weighted by Gasteiger charge is -2.33. The van der Waals surface area contributed by atoms with Gasteiger partial charge in [0.15, 0.2) is 5.76 Å². The van der Waals surface area contributed by atoms with Gasteiger partial charge in [-0.15, -0.1) is 0 Å². The topological polar surface area (TPSA) is 95.8 Å². The third-order valence-electron chi connectivity index (χ3n) is 6.13. The lowest BCUT2D eigenvalue weighted by Crippen LogP contribution is -2.51. The van der Waals surface area contributed by atoms with Crippen LogP contribution in [0.4, 0.5) is 0 Å². The number of aryl methyl sites for hydroxylation is 2. The van der Waals surface area contributed by atoms with Gasteiger partial charge in [-0.25, -0.2) is 8.42 Å². The molecule has 0 radical (unpaired) electrons. The highest BCUT2D eigenvalue weighted by molar-refractivity contribution is 7.89. The van der Waals surface area contributed by atoms with Gasteiger partial charge in [0, 0.05) is 38.1 Å². The van der Waals surface area contributed by atoms with Crippen LogP contribution >= 0.6 is 0 Å². The molecule has 1 aromatic carbocycles. The summed E-state index contributed by atoms with van der Waals surface area (Å²) in [6.45, 7) is 5.88. The van der Waals surface area contributed by atoms with E-state index in [1.807, 2.05) is 23.1 Å². The van der Waals surface area contributed by atoms with Gasteiger partial charge in [0.2, 0.25) is 15.9 Å². The van der Waals surface area contributed by atoms with Crippen LogP contribution in [0.2, 0.25) is 0 Å². The van der Waals surface area contributed by atoms with Crippen LogP contribution in [0.15, 0.2) is 39.8 Å². The standard InChI is InChI=1S/C21H28N4O4S/c1-16-20(17(2)29-23-16)30(27,28)25-12-10-24(11-13-25)14-19(26)22-15-21(8-9-21)18-6-4-3-5-7-18/h3-7H,8-15H2,1-2H3,(H,22,26). The van der Waals surface area contributed by atoms with E-state index in [4.69, 9.17) is 4.52 Å². The maximum atomic E-state index is 12.9. The summed E-state index contributed by atoms with van der Waals surface area (Å²) >= 11 is 0. The molecule has 8 nitrogen and oxygen atoms in total. The highest BCUT2D eigenvalue weighted by Gasteiger charge is 2.44. The van der Waals surface area contributed by atoms with Gasteiger partial charge in [0.25, 0.3) is 0 Å². The van der Waals surface area contributed by atoms with Crippen LogP contribution in [0.5, 0.6) is 0 Å². The molecule has 30 heavy (non-hydrogen) atoms. The van der Waals surface area contributed by atoms with E-state index < -0.39 is 10.0 Å². The molecule has 2 aromatic rings. The zero-order valence-corrected chi connectivity index (χ0v) is 18.2. The first kappa shape index (κ1) is 21.0. The van der Waals surface area contributed by atoms with Gasteiger partial charge in [0.05, 0.1) is 6.54 Å². The van der Waals surface area contributed by atoms with Gasteiger partial charge in [-0.05, 0) is 32.3 Å². The summed E-state index contributed by atoms with van der Waals surface area (Å²) in [5.41, 5.74) is 1.74. The molecule has 1 saturated heterocycles. The molecule has 0 spiro atoms. The van der Waals surface area contributed by atoms with Gasteiger partial charge in [-0.1, -0.05) is 35.5 Å². The molecule has 162 valence electrons. The van der Waals surface area contributed by atoms with Crippen molar-refractivity contribution in [2.24, 2.45) is 0 Å². The lowest BCUT2D eigenvalue weighted by atomic mass is 9.96. The van der Waals surface area contributed by atoms with Crippen molar-refractivity contribution in [3.8, 4) is 0 Å². The smallest absolute Gasteiger partial charge is 0.248 e. The maximum Gasteiger partial charge on any atom is 0.248 e. The molecular formula is C21H28N4O4S. The number of piperazine rings is 1. The number of hydrogen-bond donors (Lipinski definition) is 1. The van der Waals surface area contributed by atoms with Crippen molar-refractivity contribution in [3.05, 3.63) is 47.3 Å². The minimum atomic E-state index is -3.63. The minimum Gasteiger partial charge on any atom is -0.360 e. The normalized spacial score (nSPS) is 19.5. The molecule has 4 rings (SSSR count). The van der Waals surface area contributed by atoms with Crippen molar-refractivity contribution < 1.29 is 17.7 Å². The molecular weight excluding hydrogens is 404 g/mol. The Morgan fingerprint density at radius 1 is 1.13 bits per heavy atom. The molecule has 1 aliphatic carbocycles. The molecule has 9 heteroatoms. The maximum absolute atomic E-state index is 12.9. The van der Waals surface area contributed by atoms with Crippen LogP contribution in [0, 0.1) is 13.8 Å². The number of nitrogens with one attached hydrogen (secondary N) is 1. The van der Waals surface area contributed by atoms with E-state index in [1.54, 1.807) is 13.8 Å². The van der Waals surface area contributed by atoms with E-state index in [0.29, 0.717) is 44.2 Å². The second-order valence-electron chi connectivity index (χ2n) is 8.26. The summed E-state index contributed by atoms with van der Waals surface area (Å²) in [5, 5.41) is 6.83. The first-order valence-corrected chi connectivity index (χ1v) is 11.7. The van der Waals surface area contributed by atoms with Gasteiger partial charge >= 0.3 is 0 Å². The number of amides is 1. The second kappa shape index (κ2) is 8.13. The summed E-state index contributed by atoms with van der Waals surface area (Å²) < 4.78 is 32.3. The van der Waals surface area contributed by atoms with Crippen molar-refractivity contribution in [1.29, 1.82) is 0 Å². The molecule has 1 N–H and O–H groups in total. The Labute approximate surface area is 177 Å². The summed E-state index contributed by atoms with van der Waals surface area (Å²) in [6, 6.07) is 10.3. The largest absolute Gasteiger partial charge is 0.360 e. The Kier molecular flexibility index (Phi) is 5.69. The first-order valence-electron chi connectivity index (χ1n) is 10.3. The van der Waals surface area contributed by atoms with E-state index in [9.17, 15) is 13.2 Å². The zero-order chi connectivity index (χ0) is 21.4. The van der Waals surface area contributed by atoms with Crippen molar-refractivity contribution in [1.82, 2.24) is 19.7 Å². The van der Waals surface area contributed by atoms with E-state index in [-0.39, 0.29) is 22.8 Å². The third kappa shape index (κ3) is 4.14. The lowest BCUT2D eigenvalue weighted by molar-refractivity contribution is -0.122. The third-order valence-corrected chi connectivity index (χ3v) is 8.27. The fourth-order valence-electron chi connectivity index (χ4n) is 4.14. The van der Waals surface area contributed by atoms with Gasteiger partial charge in [-0.2, -0.15) is 4.31 Å². The number of hydrogen-bond acceptors (Lipinski definition) is 6. The van der Waals surface area contributed by atoms with Crippen molar-refractivity contribution in [2.75, 3.05) is 39.3 Å². The molecule has 0 atom stereocenters. The van der Waals surface area contributed by atoms with Gasteiger partial charge in [-0.3, -0.25) is 9.69 Å². The van der Waals surface area contributed by atoms with Crippen molar-refractivity contribution in [3.63, 3.8) is 0 Å². The van der Waals surface area contributed by atoms with E-state index >= 15 is 0 Å². The van der Waals surface area contributed by atoms with Crippen LogP contribution < -0.4 is 5.32 Å². The molecule has 2 heterocycles. The van der Waals surface area contributed by atoms with Gasteiger partial charge in [0.1, 0.15) is 10.6 Å². The Morgan fingerprint density at radius 3 is 2.37 bits per heavy atom. The zero-order valence-electron chi connectivity index (χ0n) is 17.4. The van der Waals surface area contributed by atoms with Crippen LogP contribution in [0.1, 0.15) is 29.9 Å². The summed E-state index contributed by atoms with van der Waals surface area (Å²) in [7, 11) is -3.63. The SMILES string of the molecule is Cc1noc(C)c1S(=O)(=O)N1CCN(CC(=O)NCC2(c3ccccc3)CC2)CC1. The Morgan fingerprint density at radius 2 is 1.80 bits per heavy atom. The Bertz CT molecular complexity index is 987. The highest BCUT2D eigenvalue weighted by atomic mass is 32.2. The van der Waals surface area contributed by atoms with E-state index in [2.05, 4.69) is 22.6 Å². The van der Waals surface area contributed by atoms with Crippen LogP contribution in [0.3, 0.4) is 0 Å². The molecule has 2 fully saturated rings. The monoisotopic (exact) mass is 432 g/mol. The van der Waals surface area contributed by atoms with Crippen LogP contribution in [-0.4, -0.2) is 68.0 Å². The number of nitrogens with zero attached hydrogens (tertiary/aromatic N) is 3. The summed E-state index contributed by atoms with van der Waals surface area (Å²) in [5.74, 6) is 0.293. The Balaban J connectivity index is 1.27. The minimum absolute atomic E-state index is 0.0146. The van der Waals surface area contributed by atoms with E-state index in [0.717, 1.165) is 12.8 Å². The van der Waals surface area contributed by atoms with Crippen molar-refractivity contribution in [2.45, 2.75) is 37.0 Å². The predicted octanol–water partition coefficient (Wildman–Crippen LogP) is 1.45. The molecule has 1 aliphatic heterocycles. The van der Waals surface area contributed by atoms with Crippen LogP contribution in [-0.2, 0) is 20.2 Å². The molecule has 2 aliphatic rings. The van der Waals surface area contributed by atoms with E-state index in [1.165, 1.54) is 9.87 Å². The van der Waals surface area contributed by atoms with Gasteiger partial charge < -0.3 is 9.84 Å². The molecule has 0 bridgehead atoms. The number of aromatic nitrogens is 1. The quantitative estimate of drug-likeness (QED) is 0.711. The summed E-state index contributed by atoms with van der Waals surface area (Å²) in [6.07, 6.45) is 2.19. The molecule has 0 unspecified atom stereocenters. The summed E-state index contributed by atoms with van der Waals surface area (Å²) in [4.78, 5) is 14.6. The number of carbonyl (C=O) groups excluding carboxylic acids is 1. The average Bonchev–Trinajstić information content (AvgIpc) is 3.45. The molecule has 1 aromatic heterocycles. The fourth-order valence-corrected chi connectivity index (χ4v) is 5.85. The average molecular weight is 433 g/mol.